The summed E-state index contributed by atoms with van der Waals surface area (Å²) in [5, 5.41) is 209. The molecule has 542 valence electrons. The van der Waals surface area contributed by atoms with E-state index in [0.717, 1.165) is 25.7 Å². The third kappa shape index (κ3) is 141. The molecule has 0 heterocycles. The van der Waals surface area contributed by atoms with Gasteiger partial charge in [0.2, 0.25) is 0 Å². The van der Waals surface area contributed by atoms with Crippen LogP contribution in [0.15, 0.2) is 12.2 Å². The maximum Gasteiger partial charge on any atom is 0.303 e. The van der Waals surface area contributed by atoms with E-state index in [9.17, 15) is 9.59 Å². The summed E-state index contributed by atoms with van der Waals surface area (Å²) in [5.74, 6) is -1.32. The number of carboxylic acids is 2. The van der Waals surface area contributed by atoms with Gasteiger partial charge in [0.05, 0.1) is 106 Å². The van der Waals surface area contributed by atoms with Crippen LogP contribution in [-0.2, 0) is 9.59 Å². The largest absolute Gasteiger partial charge is 0.481 e. The van der Waals surface area contributed by atoms with E-state index in [1.54, 1.807) is 0 Å². The summed E-state index contributed by atoms with van der Waals surface area (Å²) in [5.41, 5.74) is 0. The highest BCUT2D eigenvalue weighted by atomic mass is 16.4. The molecule has 0 aliphatic heterocycles. The number of aliphatic hydroxyl groups excluding tert-OH is 24. The van der Waals surface area contributed by atoms with Gasteiger partial charge in [-0.1, -0.05) is 167 Å². The summed E-state index contributed by atoms with van der Waals surface area (Å²) in [6.45, 7) is -1.30. The molecule has 0 aliphatic rings. The highest BCUT2D eigenvalue weighted by molar-refractivity contribution is 5.66. The van der Waals surface area contributed by atoms with Crippen molar-refractivity contribution >= 4 is 11.9 Å². The third-order valence-electron chi connectivity index (χ3n) is 11.0. The van der Waals surface area contributed by atoms with Crippen LogP contribution in [0.1, 0.15) is 206 Å². The molecule has 0 rings (SSSR count). The molecule has 0 aliphatic carbocycles. The summed E-state index contributed by atoms with van der Waals surface area (Å²) >= 11 is 0. The van der Waals surface area contributed by atoms with Crippen LogP contribution in [0.5, 0.6) is 0 Å². The van der Waals surface area contributed by atoms with Crippen molar-refractivity contribution < 1.29 is 142 Å². The van der Waals surface area contributed by atoms with E-state index in [-0.39, 0.29) is 106 Å². The van der Waals surface area contributed by atoms with Gasteiger partial charge in [0.1, 0.15) is 48.8 Å². The molecule has 28 nitrogen and oxygen atoms in total. The minimum absolute atomic E-state index is 0.332. The Morgan fingerprint density at radius 2 is 0.352 bits per heavy atom. The van der Waals surface area contributed by atoms with Crippen LogP contribution in [0.3, 0.4) is 0 Å². The summed E-state index contributed by atoms with van der Waals surface area (Å²) < 4.78 is 0. The Hall–Kier alpha value is -2.28. The zero-order valence-electron chi connectivity index (χ0n) is 53.7. The van der Waals surface area contributed by atoms with Gasteiger partial charge in [0.25, 0.3) is 0 Å². The molecule has 0 bridgehead atoms. The van der Waals surface area contributed by atoms with Crippen LogP contribution < -0.4 is 0 Å². The molecule has 0 radical (unpaired) electrons. The van der Waals surface area contributed by atoms with Crippen molar-refractivity contribution in [3.05, 3.63) is 12.2 Å². The lowest BCUT2D eigenvalue weighted by atomic mass is 10.0. The van der Waals surface area contributed by atoms with E-state index in [1.807, 2.05) is 0 Å². The normalized spacial score (nSPS) is 10.5. The van der Waals surface area contributed by atoms with Gasteiger partial charge in [-0.2, -0.15) is 0 Å². The lowest BCUT2D eigenvalue weighted by Gasteiger charge is -2.03. The summed E-state index contributed by atoms with van der Waals surface area (Å²) in [7, 11) is 0. The molecule has 0 atom stereocenters. The Labute approximate surface area is 526 Å². The smallest absolute Gasteiger partial charge is 0.303 e. The van der Waals surface area contributed by atoms with Crippen molar-refractivity contribution in [1.29, 1.82) is 0 Å². The second kappa shape index (κ2) is 104. The Morgan fingerprint density at radius 1 is 0.227 bits per heavy atom. The molecular formula is C60H134O28. The predicted molar refractivity (Wildman–Crippen MR) is 336 cm³/mol. The average molecular weight is 1300 g/mol. The van der Waals surface area contributed by atoms with Crippen molar-refractivity contribution in [2.45, 2.75) is 255 Å². The van der Waals surface area contributed by atoms with E-state index in [4.69, 9.17) is 133 Å². The summed E-state index contributed by atoms with van der Waals surface area (Å²) in [6, 6.07) is 0. The number of carbonyl (C=O) groups is 2. The first kappa shape index (κ1) is 107. The van der Waals surface area contributed by atoms with Gasteiger partial charge < -0.3 is 133 Å². The molecule has 0 unspecified atom stereocenters. The average Bonchev–Trinajstić information content (AvgIpc) is 3.55. The van der Waals surface area contributed by atoms with Crippen molar-refractivity contribution in [3.63, 3.8) is 0 Å². The summed E-state index contributed by atoms with van der Waals surface area (Å²) in [6.07, 6.45) is 33.8. The number of aliphatic hydroxyl groups is 24. The van der Waals surface area contributed by atoms with Crippen molar-refractivity contribution in [1.82, 2.24) is 0 Å². The molecular weight excluding hydrogens is 1170 g/mol. The monoisotopic (exact) mass is 1300 g/mol. The van der Waals surface area contributed by atoms with Crippen LogP contribution in [-0.4, -0.2) is 299 Å². The molecule has 0 fully saturated rings. The zero-order valence-corrected chi connectivity index (χ0v) is 53.7. The Bertz CT molecular complexity index is 1040. The topological polar surface area (TPSA) is 560 Å². The van der Waals surface area contributed by atoms with Crippen molar-refractivity contribution in [2.75, 3.05) is 106 Å². The molecule has 0 spiro atoms. The quantitative estimate of drug-likeness (QED) is 0.0259. The molecule has 28 heteroatoms. The first-order valence-corrected chi connectivity index (χ1v) is 31.3. The number of rotatable bonds is 47. The lowest BCUT2D eigenvalue weighted by molar-refractivity contribution is -0.138. The van der Waals surface area contributed by atoms with Gasteiger partial charge in [-0.25, -0.2) is 0 Å². The molecule has 0 saturated carbocycles. The van der Waals surface area contributed by atoms with Crippen LogP contribution >= 0.6 is 0 Å². The highest BCUT2D eigenvalue weighted by Crippen LogP contribution is 2.14. The van der Waals surface area contributed by atoms with Crippen LogP contribution in [0.4, 0.5) is 0 Å². The second-order valence-electron chi connectivity index (χ2n) is 20.0. The molecule has 0 aromatic heterocycles. The molecule has 26 N–H and O–H groups in total. The lowest BCUT2D eigenvalue weighted by Crippen LogP contribution is -2.15. The number of hydrogen-bond acceptors (Lipinski definition) is 26. The number of unbranched alkanes of at least 4 members (excludes halogenated alkanes) is 25. The van der Waals surface area contributed by atoms with Gasteiger partial charge in [-0.05, 0) is 38.5 Å². The molecule has 88 heavy (non-hydrogen) atoms. The number of allylic oxidation sites excluding steroid dienone is 2. The molecule has 0 amide bonds. The first-order chi connectivity index (χ1) is 42.0. The third-order valence-corrected chi connectivity index (χ3v) is 11.0. The van der Waals surface area contributed by atoms with Gasteiger partial charge in [-0.15, -0.1) is 0 Å². The Kier molecular flexibility index (Phi) is 126. The van der Waals surface area contributed by atoms with Crippen molar-refractivity contribution in [3.8, 4) is 0 Å². The minimum Gasteiger partial charge on any atom is -0.481 e. The minimum atomic E-state index is -0.954. The van der Waals surface area contributed by atoms with E-state index in [2.05, 4.69) is 26.0 Å². The van der Waals surface area contributed by atoms with E-state index < -0.39 is 60.8 Å². The number of carboxylic acid groups (broad SMARTS) is 2. The van der Waals surface area contributed by atoms with Crippen LogP contribution in [0, 0.1) is 0 Å². The second-order valence-corrected chi connectivity index (χ2v) is 20.0. The number of aliphatic carboxylic acids is 2. The van der Waals surface area contributed by atoms with Gasteiger partial charge in [0.15, 0.2) is 0 Å². The number of hydrogen-bond donors (Lipinski definition) is 26. The SMILES string of the molecule is CCCCCCCCC=CCCCCCCCC(=O)O.CCCCCCCCCCCCCCCCCC(=O)O.OCC(O)CO.OCC(O)CO.OCC(O)CO.OCC(O)CO.OCC(O)CO.OCC(O)CO.OCC(O)CO.OCC(O)CO. The van der Waals surface area contributed by atoms with Crippen LogP contribution in [0.25, 0.3) is 0 Å². The zero-order chi connectivity index (χ0) is 69.7. The van der Waals surface area contributed by atoms with E-state index in [0.29, 0.717) is 12.8 Å². The molecule has 0 aromatic rings. The maximum absolute atomic E-state index is 10.3. The molecule has 0 aromatic carbocycles. The predicted octanol–water partition coefficient (Wildman–Crippen LogP) is -0.904. The summed E-state index contributed by atoms with van der Waals surface area (Å²) in [4.78, 5) is 20.7. The Morgan fingerprint density at radius 3 is 0.466 bits per heavy atom. The standard InChI is InChI=1S/C18H36O2.C18H34O2.8C3H8O3/c2*1-2-3-4-5-6-7-8-9-10-11-12-13-14-15-16-17-18(19)20;8*4-1-3(6)2-5/h2-17H2,1H3,(H,19,20);9-10H,2-8,11-17H2,1H3,(H,19,20);8*3-6H,1-2H2. The highest BCUT2D eigenvalue weighted by Gasteiger charge is 2.01. The van der Waals surface area contributed by atoms with Crippen molar-refractivity contribution in [2.24, 2.45) is 0 Å². The van der Waals surface area contributed by atoms with Crippen LogP contribution in [0.2, 0.25) is 0 Å². The fourth-order valence-corrected chi connectivity index (χ4v) is 5.46. The fourth-order valence-electron chi connectivity index (χ4n) is 5.46. The van der Waals surface area contributed by atoms with Gasteiger partial charge >= 0.3 is 11.9 Å². The first-order valence-electron chi connectivity index (χ1n) is 31.3. The molecule has 0 saturated heterocycles. The van der Waals surface area contributed by atoms with E-state index >= 15 is 0 Å². The fraction of sp³-hybridized carbons (Fsp3) is 0.933. The van der Waals surface area contributed by atoms with Gasteiger partial charge in [-0.3, -0.25) is 9.59 Å². The maximum atomic E-state index is 10.3. The Balaban J connectivity index is -0.000000102. The van der Waals surface area contributed by atoms with E-state index in [1.165, 1.54) is 154 Å². The van der Waals surface area contributed by atoms with Gasteiger partial charge in [0, 0.05) is 12.8 Å².